The summed E-state index contributed by atoms with van der Waals surface area (Å²) >= 11 is 0. The molecule has 0 atom stereocenters. The Balaban J connectivity index is 1.98. The van der Waals surface area contributed by atoms with Crippen LogP contribution in [-0.2, 0) is 0 Å². The molecule has 1 heterocycles. The summed E-state index contributed by atoms with van der Waals surface area (Å²) < 4.78 is 10.2. The van der Waals surface area contributed by atoms with E-state index >= 15 is 0 Å². The summed E-state index contributed by atoms with van der Waals surface area (Å²) in [6, 6.07) is 12.0. The third kappa shape index (κ3) is 2.94. The SMILES string of the molecule is O=[N+]([O-])c1ccc(C=COc2ccccc2)o1. The van der Waals surface area contributed by atoms with E-state index in [1.165, 1.54) is 24.5 Å². The maximum Gasteiger partial charge on any atom is 0.433 e. The van der Waals surface area contributed by atoms with Crippen LogP contribution in [0, 0.1) is 10.1 Å². The summed E-state index contributed by atoms with van der Waals surface area (Å²) in [6.45, 7) is 0. The van der Waals surface area contributed by atoms with Crippen molar-refractivity contribution in [2.24, 2.45) is 0 Å². The largest absolute Gasteiger partial charge is 0.465 e. The molecule has 0 aliphatic heterocycles. The predicted molar refractivity (Wildman–Crippen MR) is 61.5 cm³/mol. The molecule has 2 aromatic rings. The average Bonchev–Trinajstić information content (AvgIpc) is 2.79. The highest BCUT2D eigenvalue weighted by Gasteiger charge is 2.09. The number of rotatable bonds is 4. The maximum absolute atomic E-state index is 10.4. The molecule has 0 fully saturated rings. The van der Waals surface area contributed by atoms with E-state index in [9.17, 15) is 10.1 Å². The van der Waals surface area contributed by atoms with Crippen molar-refractivity contribution in [3.05, 3.63) is 64.6 Å². The topological polar surface area (TPSA) is 65.5 Å². The quantitative estimate of drug-likeness (QED) is 0.460. The van der Waals surface area contributed by atoms with Crippen LogP contribution in [0.2, 0.25) is 0 Å². The summed E-state index contributed by atoms with van der Waals surface area (Å²) in [6.07, 6.45) is 2.93. The molecule has 0 spiro atoms. The van der Waals surface area contributed by atoms with Gasteiger partial charge in [0.2, 0.25) is 0 Å². The minimum Gasteiger partial charge on any atom is -0.465 e. The standard InChI is InChI=1S/C12H9NO4/c14-13(15)12-7-6-11(17-12)8-9-16-10-4-2-1-3-5-10/h1-9H. The molecule has 0 amide bonds. The molecule has 5 heteroatoms. The molecule has 1 aromatic heterocycles. The van der Waals surface area contributed by atoms with Crippen molar-refractivity contribution in [3.8, 4) is 5.75 Å². The zero-order valence-electron chi connectivity index (χ0n) is 8.78. The average molecular weight is 231 g/mol. The second kappa shape index (κ2) is 4.98. The van der Waals surface area contributed by atoms with Crippen LogP contribution in [0.5, 0.6) is 5.75 Å². The fraction of sp³-hybridized carbons (Fsp3) is 0. The number of hydrogen-bond acceptors (Lipinski definition) is 4. The van der Waals surface area contributed by atoms with Gasteiger partial charge in [-0.25, -0.2) is 0 Å². The molecule has 1 aromatic carbocycles. The van der Waals surface area contributed by atoms with E-state index in [0.29, 0.717) is 11.5 Å². The summed E-state index contributed by atoms with van der Waals surface area (Å²) in [5.74, 6) is 0.766. The van der Waals surface area contributed by atoms with Crippen molar-refractivity contribution in [1.29, 1.82) is 0 Å². The molecule has 0 aliphatic carbocycles. The molecule has 2 rings (SSSR count). The Morgan fingerprint density at radius 3 is 2.59 bits per heavy atom. The van der Waals surface area contributed by atoms with Gasteiger partial charge in [0.25, 0.3) is 0 Å². The summed E-state index contributed by atoms with van der Waals surface area (Å²) in [7, 11) is 0. The summed E-state index contributed by atoms with van der Waals surface area (Å²) in [4.78, 5) is 9.78. The van der Waals surface area contributed by atoms with Gasteiger partial charge in [-0.15, -0.1) is 0 Å². The Labute approximate surface area is 97.1 Å². The number of nitrogens with zero attached hydrogens (tertiary/aromatic N) is 1. The first-order chi connectivity index (χ1) is 8.25. The summed E-state index contributed by atoms with van der Waals surface area (Å²) in [5.41, 5.74) is 0. The number of nitro groups is 1. The van der Waals surface area contributed by atoms with Crippen molar-refractivity contribution in [2.45, 2.75) is 0 Å². The highest BCUT2D eigenvalue weighted by molar-refractivity contribution is 5.44. The fourth-order valence-electron chi connectivity index (χ4n) is 1.21. The molecule has 17 heavy (non-hydrogen) atoms. The number of benzene rings is 1. The lowest BCUT2D eigenvalue weighted by atomic mass is 10.3. The Kier molecular flexibility index (Phi) is 3.20. The molecule has 0 aliphatic rings. The maximum atomic E-state index is 10.4. The van der Waals surface area contributed by atoms with E-state index in [4.69, 9.17) is 9.15 Å². The highest BCUT2D eigenvalue weighted by Crippen LogP contribution is 2.17. The van der Waals surface area contributed by atoms with Gasteiger partial charge < -0.3 is 9.15 Å². The number of hydrogen-bond donors (Lipinski definition) is 0. The zero-order chi connectivity index (χ0) is 12.1. The van der Waals surface area contributed by atoms with Crippen molar-refractivity contribution in [2.75, 3.05) is 0 Å². The van der Waals surface area contributed by atoms with Gasteiger partial charge in [0.05, 0.1) is 12.3 Å². The molecular weight excluding hydrogens is 222 g/mol. The lowest BCUT2D eigenvalue weighted by molar-refractivity contribution is -0.402. The van der Waals surface area contributed by atoms with Crippen molar-refractivity contribution in [3.63, 3.8) is 0 Å². The van der Waals surface area contributed by atoms with Crippen LogP contribution in [0.1, 0.15) is 5.76 Å². The van der Waals surface area contributed by atoms with Gasteiger partial charge in [-0.3, -0.25) is 10.1 Å². The predicted octanol–water partition coefficient (Wildman–Crippen LogP) is 3.24. The van der Waals surface area contributed by atoms with Gasteiger partial charge in [-0.1, -0.05) is 18.2 Å². The van der Waals surface area contributed by atoms with E-state index in [2.05, 4.69) is 0 Å². The highest BCUT2D eigenvalue weighted by atomic mass is 16.6. The van der Waals surface area contributed by atoms with E-state index in [0.717, 1.165) is 0 Å². The first-order valence-electron chi connectivity index (χ1n) is 4.88. The summed E-state index contributed by atoms with van der Waals surface area (Å²) in [5, 5.41) is 10.4. The first kappa shape index (κ1) is 10.9. The fourth-order valence-corrected chi connectivity index (χ4v) is 1.21. The molecule has 0 unspecified atom stereocenters. The minimum absolute atomic E-state index is 0.288. The van der Waals surface area contributed by atoms with Crippen LogP contribution >= 0.6 is 0 Å². The zero-order valence-corrected chi connectivity index (χ0v) is 8.78. The van der Waals surface area contributed by atoms with Gasteiger partial charge in [-0.05, 0) is 18.2 Å². The van der Waals surface area contributed by atoms with Crippen LogP contribution in [-0.4, -0.2) is 4.92 Å². The molecule has 0 bridgehead atoms. The smallest absolute Gasteiger partial charge is 0.433 e. The number of furan rings is 1. The van der Waals surface area contributed by atoms with E-state index in [1.54, 1.807) is 12.1 Å². The Hall–Kier alpha value is -2.56. The molecular formula is C12H9NO4. The first-order valence-corrected chi connectivity index (χ1v) is 4.88. The van der Waals surface area contributed by atoms with Crippen molar-refractivity contribution in [1.82, 2.24) is 0 Å². The van der Waals surface area contributed by atoms with Crippen molar-refractivity contribution < 1.29 is 14.1 Å². The second-order valence-corrected chi connectivity index (χ2v) is 3.17. The molecule has 86 valence electrons. The molecule has 0 saturated carbocycles. The van der Waals surface area contributed by atoms with Gasteiger partial charge >= 0.3 is 5.88 Å². The Morgan fingerprint density at radius 2 is 1.94 bits per heavy atom. The number of para-hydroxylation sites is 1. The van der Waals surface area contributed by atoms with E-state index in [1.807, 2.05) is 18.2 Å². The Morgan fingerprint density at radius 1 is 1.18 bits per heavy atom. The van der Waals surface area contributed by atoms with Gasteiger partial charge in [-0.2, -0.15) is 0 Å². The normalized spacial score (nSPS) is 10.6. The van der Waals surface area contributed by atoms with Crippen LogP contribution in [0.4, 0.5) is 5.88 Å². The third-order valence-electron chi connectivity index (χ3n) is 1.97. The second-order valence-electron chi connectivity index (χ2n) is 3.17. The van der Waals surface area contributed by atoms with Crippen molar-refractivity contribution >= 4 is 12.0 Å². The minimum atomic E-state index is -0.588. The lowest BCUT2D eigenvalue weighted by Crippen LogP contribution is -1.82. The van der Waals surface area contributed by atoms with E-state index < -0.39 is 4.92 Å². The van der Waals surface area contributed by atoms with Gasteiger partial charge in [0.15, 0.2) is 0 Å². The van der Waals surface area contributed by atoms with Gasteiger partial charge in [0, 0.05) is 6.08 Å². The molecule has 0 N–H and O–H groups in total. The number of ether oxygens (including phenoxy) is 1. The Bertz CT molecular complexity index is 530. The molecule has 0 saturated heterocycles. The molecule has 0 radical (unpaired) electrons. The third-order valence-corrected chi connectivity index (χ3v) is 1.97. The monoisotopic (exact) mass is 231 g/mol. The van der Waals surface area contributed by atoms with Crippen LogP contribution in [0.3, 0.4) is 0 Å². The van der Waals surface area contributed by atoms with Gasteiger partial charge in [0.1, 0.15) is 16.4 Å². The van der Waals surface area contributed by atoms with Crippen LogP contribution in [0.25, 0.3) is 6.08 Å². The van der Waals surface area contributed by atoms with E-state index in [-0.39, 0.29) is 5.88 Å². The lowest BCUT2D eigenvalue weighted by Gasteiger charge is -1.96. The molecule has 5 nitrogen and oxygen atoms in total. The van der Waals surface area contributed by atoms with Crippen LogP contribution < -0.4 is 4.74 Å². The van der Waals surface area contributed by atoms with Crippen LogP contribution in [0.15, 0.2) is 53.1 Å².